The van der Waals surface area contributed by atoms with E-state index in [4.69, 9.17) is 9.84 Å². The van der Waals surface area contributed by atoms with Crippen LogP contribution >= 0.6 is 0 Å². The molecule has 150 valence electrons. The lowest BCUT2D eigenvalue weighted by Crippen LogP contribution is -2.43. The molecule has 0 atom stereocenters. The van der Waals surface area contributed by atoms with E-state index < -0.39 is 0 Å². The molecule has 2 aromatic rings. The van der Waals surface area contributed by atoms with Gasteiger partial charge in [0, 0.05) is 37.9 Å². The number of aliphatic hydroxyl groups is 1. The Morgan fingerprint density at radius 1 is 0.964 bits per heavy atom. The third-order valence-corrected chi connectivity index (χ3v) is 6.15. The SMILES string of the molecule is O=c1cc(-c2ccc(OC3CCN(C4CCCC4)CC3)cc2)ccn1CCO. The first-order valence-electron chi connectivity index (χ1n) is 10.6. The highest BCUT2D eigenvalue weighted by molar-refractivity contribution is 5.63. The maximum atomic E-state index is 12.1. The highest BCUT2D eigenvalue weighted by Gasteiger charge is 2.27. The zero-order valence-corrected chi connectivity index (χ0v) is 16.4. The van der Waals surface area contributed by atoms with E-state index in [1.807, 2.05) is 30.3 Å². The molecule has 5 nitrogen and oxygen atoms in total. The number of ether oxygens (including phenoxy) is 1. The van der Waals surface area contributed by atoms with E-state index in [2.05, 4.69) is 4.90 Å². The van der Waals surface area contributed by atoms with E-state index in [0.717, 1.165) is 48.8 Å². The molecule has 0 unspecified atom stereocenters. The van der Waals surface area contributed by atoms with Gasteiger partial charge in [-0.2, -0.15) is 0 Å². The first-order valence-corrected chi connectivity index (χ1v) is 10.6. The van der Waals surface area contributed by atoms with Crippen LogP contribution in [0.15, 0.2) is 47.4 Å². The summed E-state index contributed by atoms with van der Waals surface area (Å²) >= 11 is 0. The van der Waals surface area contributed by atoms with Gasteiger partial charge in [-0.3, -0.25) is 4.79 Å². The molecule has 5 heteroatoms. The van der Waals surface area contributed by atoms with Gasteiger partial charge in [0.05, 0.1) is 6.61 Å². The van der Waals surface area contributed by atoms with Gasteiger partial charge in [0.2, 0.25) is 0 Å². The van der Waals surface area contributed by atoms with E-state index >= 15 is 0 Å². The summed E-state index contributed by atoms with van der Waals surface area (Å²) in [4.78, 5) is 14.7. The van der Waals surface area contributed by atoms with Crippen molar-refractivity contribution in [1.82, 2.24) is 9.47 Å². The molecule has 2 aliphatic rings. The van der Waals surface area contributed by atoms with Crippen molar-refractivity contribution < 1.29 is 9.84 Å². The van der Waals surface area contributed by atoms with Crippen molar-refractivity contribution in [3.63, 3.8) is 0 Å². The molecular weight excluding hydrogens is 352 g/mol. The fourth-order valence-electron chi connectivity index (χ4n) is 4.53. The van der Waals surface area contributed by atoms with Crippen molar-refractivity contribution in [2.24, 2.45) is 0 Å². The number of aliphatic hydroxyl groups excluding tert-OH is 1. The summed E-state index contributed by atoms with van der Waals surface area (Å²) in [5.41, 5.74) is 1.79. The van der Waals surface area contributed by atoms with Crippen LogP contribution < -0.4 is 10.3 Å². The molecular formula is C23H30N2O3. The Kier molecular flexibility index (Phi) is 6.13. The minimum atomic E-state index is -0.0964. The zero-order chi connectivity index (χ0) is 19.3. The fourth-order valence-corrected chi connectivity index (χ4v) is 4.53. The third-order valence-electron chi connectivity index (χ3n) is 6.15. The van der Waals surface area contributed by atoms with Crippen molar-refractivity contribution in [2.75, 3.05) is 19.7 Å². The monoisotopic (exact) mass is 382 g/mol. The second-order valence-electron chi connectivity index (χ2n) is 7.99. The summed E-state index contributed by atoms with van der Waals surface area (Å²) in [5.74, 6) is 0.900. The maximum absolute atomic E-state index is 12.1. The predicted molar refractivity (Wildman–Crippen MR) is 111 cm³/mol. The van der Waals surface area contributed by atoms with E-state index in [1.54, 1.807) is 12.3 Å². The zero-order valence-electron chi connectivity index (χ0n) is 16.4. The van der Waals surface area contributed by atoms with Crippen LogP contribution in [0.25, 0.3) is 11.1 Å². The molecule has 1 N–H and O–H groups in total. The topological polar surface area (TPSA) is 54.7 Å². The Bertz CT molecular complexity index is 816. The summed E-state index contributed by atoms with van der Waals surface area (Å²) in [6.07, 6.45) is 9.76. The quantitative estimate of drug-likeness (QED) is 0.833. The van der Waals surface area contributed by atoms with Crippen LogP contribution in [0.5, 0.6) is 5.75 Å². The van der Waals surface area contributed by atoms with Crippen LogP contribution in [-0.4, -0.2) is 46.4 Å². The van der Waals surface area contributed by atoms with Gasteiger partial charge in [-0.05, 0) is 55.0 Å². The van der Waals surface area contributed by atoms with Gasteiger partial charge in [-0.15, -0.1) is 0 Å². The molecule has 1 saturated heterocycles. The van der Waals surface area contributed by atoms with Crippen molar-refractivity contribution in [1.29, 1.82) is 0 Å². The molecule has 0 bridgehead atoms. The Hall–Kier alpha value is -2.11. The molecule has 4 rings (SSSR count). The van der Waals surface area contributed by atoms with E-state index in [0.29, 0.717) is 12.6 Å². The van der Waals surface area contributed by atoms with Gasteiger partial charge < -0.3 is 19.3 Å². The first kappa shape index (κ1) is 19.2. The van der Waals surface area contributed by atoms with Gasteiger partial charge in [0.15, 0.2) is 0 Å². The average molecular weight is 383 g/mol. The number of nitrogens with zero attached hydrogens (tertiary/aromatic N) is 2. The number of hydrogen-bond acceptors (Lipinski definition) is 4. The van der Waals surface area contributed by atoms with Gasteiger partial charge >= 0.3 is 0 Å². The lowest BCUT2D eigenvalue weighted by Gasteiger charge is -2.36. The highest BCUT2D eigenvalue weighted by Crippen LogP contribution is 2.28. The second kappa shape index (κ2) is 8.93. The smallest absolute Gasteiger partial charge is 0.251 e. The third kappa shape index (κ3) is 4.47. The Morgan fingerprint density at radius 3 is 2.32 bits per heavy atom. The average Bonchev–Trinajstić information content (AvgIpc) is 3.26. The molecule has 0 spiro atoms. The Morgan fingerprint density at radius 2 is 1.68 bits per heavy atom. The van der Waals surface area contributed by atoms with Crippen LogP contribution in [0, 0.1) is 0 Å². The van der Waals surface area contributed by atoms with Gasteiger partial charge in [-0.25, -0.2) is 0 Å². The molecule has 1 aromatic heterocycles. The molecule has 1 aliphatic carbocycles. The highest BCUT2D eigenvalue weighted by atomic mass is 16.5. The summed E-state index contributed by atoms with van der Waals surface area (Å²) in [5, 5.41) is 8.99. The van der Waals surface area contributed by atoms with Crippen molar-refractivity contribution in [3.05, 3.63) is 52.9 Å². The molecule has 1 aliphatic heterocycles. The number of benzene rings is 1. The summed E-state index contributed by atoms with van der Waals surface area (Å²) in [6, 6.07) is 12.3. The molecule has 0 amide bonds. The maximum Gasteiger partial charge on any atom is 0.251 e. The van der Waals surface area contributed by atoms with Crippen LogP contribution in [-0.2, 0) is 6.54 Å². The van der Waals surface area contributed by atoms with E-state index in [9.17, 15) is 4.79 Å². The normalized spacial score (nSPS) is 19.2. The molecule has 28 heavy (non-hydrogen) atoms. The van der Waals surface area contributed by atoms with Crippen LogP contribution in [0.2, 0.25) is 0 Å². The number of likely N-dealkylation sites (tertiary alicyclic amines) is 1. The Labute approximate surface area is 166 Å². The van der Waals surface area contributed by atoms with Gasteiger partial charge in [-0.1, -0.05) is 25.0 Å². The van der Waals surface area contributed by atoms with E-state index in [1.165, 1.54) is 30.3 Å². The summed E-state index contributed by atoms with van der Waals surface area (Å²) in [7, 11) is 0. The van der Waals surface area contributed by atoms with E-state index in [-0.39, 0.29) is 12.2 Å². The summed E-state index contributed by atoms with van der Waals surface area (Å²) in [6.45, 7) is 2.59. The molecule has 2 heterocycles. The minimum Gasteiger partial charge on any atom is -0.490 e. The Balaban J connectivity index is 1.34. The van der Waals surface area contributed by atoms with Crippen molar-refractivity contribution in [2.45, 2.75) is 57.2 Å². The van der Waals surface area contributed by atoms with Crippen molar-refractivity contribution in [3.8, 4) is 16.9 Å². The molecule has 0 radical (unpaired) electrons. The first-order chi connectivity index (χ1) is 13.7. The lowest BCUT2D eigenvalue weighted by atomic mass is 10.0. The van der Waals surface area contributed by atoms with Crippen LogP contribution in [0.4, 0.5) is 0 Å². The number of rotatable bonds is 6. The number of pyridine rings is 1. The number of piperidine rings is 1. The second-order valence-corrected chi connectivity index (χ2v) is 7.99. The minimum absolute atomic E-state index is 0.0368. The van der Waals surface area contributed by atoms with Crippen LogP contribution in [0.3, 0.4) is 0 Å². The number of hydrogen-bond donors (Lipinski definition) is 1. The van der Waals surface area contributed by atoms with Crippen molar-refractivity contribution >= 4 is 0 Å². The van der Waals surface area contributed by atoms with Gasteiger partial charge in [0.25, 0.3) is 5.56 Å². The lowest BCUT2D eigenvalue weighted by molar-refractivity contribution is 0.0768. The summed E-state index contributed by atoms with van der Waals surface area (Å²) < 4.78 is 7.72. The molecule has 2 fully saturated rings. The fraction of sp³-hybridized carbons (Fsp3) is 0.522. The molecule has 1 aromatic carbocycles. The van der Waals surface area contributed by atoms with Crippen LogP contribution in [0.1, 0.15) is 38.5 Å². The standard InChI is InChI=1S/C23H30N2O3/c26-16-15-25-12-9-19(17-23(25)27)18-5-7-21(8-6-18)28-22-10-13-24(14-11-22)20-3-1-2-4-20/h5-9,12,17,20,22,26H,1-4,10-11,13-16H2. The largest absolute Gasteiger partial charge is 0.490 e. The molecule has 1 saturated carbocycles. The number of aromatic nitrogens is 1. The predicted octanol–water partition coefficient (Wildman–Crippen LogP) is 3.29. The van der Waals surface area contributed by atoms with Gasteiger partial charge in [0.1, 0.15) is 11.9 Å².